The Kier molecular flexibility index (Phi) is 2.76. The molecule has 0 N–H and O–H groups in total. The van der Waals surface area contributed by atoms with E-state index in [1.54, 1.807) is 18.4 Å². The Morgan fingerprint density at radius 2 is 1.83 bits per heavy atom. The van der Waals surface area contributed by atoms with Crippen LogP contribution in [0.2, 0.25) is 0 Å². The maximum absolute atomic E-state index is 5.37. The van der Waals surface area contributed by atoms with E-state index in [1.807, 2.05) is 18.2 Å². The summed E-state index contributed by atoms with van der Waals surface area (Å²) in [4.78, 5) is 4.66. The molecular weight excluding hydrogens is 242 g/mol. The van der Waals surface area contributed by atoms with Crippen molar-refractivity contribution in [3.05, 3.63) is 48.0 Å². The van der Waals surface area contributed by atoms with Crippen LogP contribution in [0.4, 0.5) is 0 Å². The highest BCUT2D eigenvalue weighted by Gasteiger charge is 2.09. The molecule has 90 valence electrons. The quantitative estimate of drug-likeness (QED) is 0.682. The van der Waals surface area contributed by atoms with Gasteiger partial charge in [-0.05, 0) is 19.1 Å². The molecule has 0 spiro atoms. The van der Waals surface area contributed by atoms with Crippen LogP contribution in [0.5, 0.6) is 5.75 Å². The monoisotopic (exact) mass is 255 g/mol. The van der Waals surface area contributed by atoms with Crippen molar-refractivity contribution in [3.8, 4) is 16.3 Å². The SMILES string of the molecule is COc1cccc2nc(-c3ccc(C)cc3)sc12. The predicted molar refractivity (Wildman–Crippen MR) is 76.3 cm³/mol. The van der Waals surface area contributed by atoms with E-state index in [0.717, 1.165) is 26.5 Å². The van der Waals surface area contributed by atoms with Gasteiger partial charge >= 0.3 is 0 Å². The summed E-state index contributed by atoms with van der Waals surface area (Å²) < 4.78 is 6.47. The van der Waals surface area contributed by atoms with Gasteiger partial charge < -0.3 is 4.74 Å². The zero-order valence-electron chi connectivity index (χ0n) is 10.3. The molecule has 2 nitrogen and oxygen atoms in total. The molecule has 1 heterocycles. The molecule has 0 radical (unpaired) electrons. The number of hydrogen-bond acceptors (Lipinski definition) is 3. The fourth-order valence-electron chi connectivity index (χ4n) is 1.90. The second-order valence-corrected chi connectivity index (χ2v) is 5.19. The van der Waals surface area contributed by atoms with E-state index in [9.17, 15) is 0 Å². The Morgan fingerprint density at radius 3 is 2.56 bits per heavy atom. The predicted octanol–water partition coefficient (Wildman–Crippen LogP) is 4.28. The van der Waals surface area contributed by atoms with Crippen molar-refractivity contribution < 1.29 is 4.74 Å². The van der Waals surface area contributed by atoms with E-state index in [4.69, 9.17) is 4.74 Å². The van der Waals surface area contributed by atoms with E-state index < -0.39 is 0 Å². The minimum absolute atomic E-state index is 0.892. The summed E-state index contributed by atoms with van der Waals surface area (Å²) >= 11 is 1.67. The molecule has 0 saturated carbocycles. The summed E-state index contributed by atoms with van der Waals surface area (Å²) in [7, 11) is 1.69. The van der Waals surface area contributed by atoms with Gasteiger partial charge in [-0.15, -0.1) is 11.3 Å². The molecule has 3 rings (SSSR count). The van der Waals surface area contributed by atoms with Crippen molar-refractivity contribution in [1.29, 1.82) is 0 Å². The van der Waals surface area contributed by atoms with Gasteiger partial charge in [-0.2, -0.15) is 0 Å². The molecule has 18 heavy (non-hydrogen) atoms. The summed E-state index contributed by atoms with van der Waals surface area (Å²) in [6.45, 7) is 2.09. The number of methoxy groups -OCH3 is 1. The highest BCUT2D eigenvalue weighted by molar-refractivity contribution is 7.22. The normalized spacial score (nSPS) is 10.8. The smallest absolute Gasteiger partial charge is 0.138 e. The molecule has 2 aromatic carbocycles. The first-order valence-corrected chi connectivity index (χ1v) is 6.60. The van der Waals surface area contributed by atoms with Crippen molar-refractivity contribution >= 4 is 21.6 Å². The summed E-state index contributed by atoms with van der Waals surface area (Å²) in [5.74, 6) is 0.892. The van der Waals surface area contributed by atoms with Gasteiger partial charge in [0.1, 0.15) is 10.8 Å². The lowest BCUT2D eigenvalue weighted by Gasteiger charge is -1.98. The molecule has 0 atom stereocenters. The molecule has 0 aliphatic heterocycles. The summed E-state index contributed by atoms with van der Waals surface area (Å²) in [6.07, 6.45) is 0. The number of benzene rings is 2. The number of nitrogens with zero attached hydrogens (tertiary/aromatic N) is 1. The minimum Gasteiger partial charge on any atom is -0.495 e. The van der Waals surface area contributed by atoms with Gasteiger partial charge in [-0.1, -0.05) is 35.9 Å². The Bertz CT molecular complexity index is 685. The average Bonchev–Trinajstić information content (AvgIpc) is 2.83. The number of rotatable bonds is 2. The van der Waals surface area contributed by atoms with Crippen molar-refractivity contribution in [2.45, 2.75) is 6.92 Å². The highest BCUT2D eigenvalue weighted by atomic mass is 32.1. The standard InChI is InChI=1S/C15H13NOS/c1-10-6-8-11(9-7-10)15-16-12-4-3-5-13(17-2)14(12)18-15/h3-9H,1-2H3. The van der Waals surface area contributed by atoms with E-state index in [0.29, 0.717) is 0 Å². The van der Waals surface area contributed by atoms with Crippen LogP contribution in [-0.2, 0) is 0 Å². The van der Waals surface area contributed by atoms with Crippen LogP contribution in [-0.4, -0.2) is 12.1 Å². The maximum atomic E-state index is 5.37. The second-order valence-electron chi connectivity index (χ2n) is 4.19. The molecule has 0 saturated heterocycles. The van der Waals surface area contributed by atoms with Crippen LogP contribution in [0.1, 0.15) is 5.56 Å². The molecule has 0 aliphatic rings. The molecule has 0 bridgehead atoms. The lowest BCUT2D eigenvalue weighted by atomic mass is 10.2. The van der Waals surface area contributed by atoms with Gasteiger partial charge in [0.15, 0.2) is 0 Å². The van der Waals surface area contributed by atoms with E-state index >= 15 is 0 Å². The molecule has 0 fully saturated rings. The number of thiazole rings is 1. The first kappa shape index (κ1) is 11.2. The van der Waals surface area contributed by atoms with Crippen LogP contribution in [0.25, 0.3) is 20.8 Å². The number of aryl methyl sites for hydroxylation is 1. The lowest BCUT2D eigenvalue weighted by Crippen LogP contribution is -1.81. The third kappa shape index (κ3) is 1.87. The summed E-state index contributed by atoms with van der Waals surface area (Å²) in [5, 5.41) is 1.04. The topological polar surface area (TPSA) is 22.1 Å². The van der Waals surface area contributed by atoms with Crippen LogP contribution < -0.4 is 4.74 Å². The van der Waals surface area contributed by atoms with Crippen LogP contribution in [0.3, 0.4) is 0 Å². The Morgan fingerprint density at radius 1 is 1.06 bits per heavy atom. The van der Waals surface area contributed by atoms with Crippen LogP contribution in [0.15, 0.2) is 42.5 Å². The van der Waals surface area contributed by atoms with Crippen molar-refractivity contribution in [1.82, 2.24) is 4.98 Å². The molecule has 3 heteroatoms. The number of aromatic nitrogens is 1. The largest absolute Gasteiger partial charge is 0.495 e. The highest BCUT2D eigenvalue weighted by Crippen LogP contribution is 2.35. The van der Waals surface area contributed by atoms with Gasteiger partial charge in [0.25, 0.3) is 0 Å². The lowest BCUT2D eigenvalue weighted by molar-refractivity contribution is 0.420. The number of hydrogen-bond donors (Lipinski definition) is 0. The second kappa shape index (κ2) is 4.42. The van der Waals surface area contributed by atoms with Gasteiger partial charge in [0.05, 0.1) is 17.3 Å². The zero-order chi connectivity index (χ0) is 12.5. The fourth-order valence-corrected chi connectivity index (χ4v) is 2.97. The number of fused-ring (bicyclic) bond motifs is 1. The Hall–Kier alpha value is -1.87. The molecule has 0 unspecified atom stereocenters. The molecular formula is C15H13NOS. The fraction of sp³-hybridized carbons (Fsp3) is 0.133. The summed E-state index contributed by atoms with van der Waals surface area (Å²) in [6, 6.07) is 14.4. The molecule has 0 aliphatic carbocycles. The van der Waals surface area contributed by atoms with Gasteiger partial charge in [0, 0.05) is 5.56 Å². The van der Waals surface area contributed by atoms with E-state index in [2.05, 4.69) is 36.2 Å². The third-order valence-corrected chi connectivity index (χ3v) is 4.03. The zero-order valence-corrected chi connectivity index (χ0v) is 11.1. The molecule has 0 amide bonds. The molecule has 1 aromatic heterocycles. The maximum Gasteiger partial charge on any atom is 0.138 e. The van der Waals surface area contributed by atoms with E-state index in [-0.39, 0.29) is 0 Å². The van der Waals surface area contributed by atoms with Gasteiger partial charge in [0.2, 0.25) is 0 Å². The first-order valence-electron chi connectivity index (χ1n) is 5.78. The van der Waals surface area contributed by atoms with Gasteiger partial charge in [-0.25, -0.2) is 4.98 Å². The minimum atomic E-state index is 0.892. The van der Waals surface area contributed by atoms with Crippen LogP contribution >= 0.6 is 11.3 Å². The Balaban J connectivity index is 2.16. The van der Waals surface area contributed by atoms with Gasteiger partial charge in [-0.3, -0.25) is 0 Å². The number of ether oxygens (including phenoxy) is 1. The first-order chi connectivity index (χ1) is 8.78. The van der Waals surface area contributed by atoms with E-state index in [1.165, 1.54) is 5.56 Å². The van der Waals surface area contributed by atoms with Crippen molar-refractivity contribution in [2.75, 3.05) is 7.11 Å². The van der Waals surface area contributed by atoms with Crippen LogP contribution in [0, 0.1) is 6.92 Å². The Labute approximate surface area is 110 Å². The average molecular weight is 255 g/mol. The summed E-state index contributed by atoms with van der Waals surface area (Å²) in [5.41, 5.74) is 3.41. The van der Waals surface area contributed by atoms with Crippen molar-refractivity contribution in [3.63, 3.8) is 0 Å². The third-order valence-electron chi connectivity index (χ3n) is 2.90. The molecule has 3 aromatic rings. The van der Waals surface area contributed by atoms with Crippen molar-refractivity contribution in [2.24, 2.45) is 0 Å².